The summed E-state index contributed by atoms with van der Waals surface area (Å²) in [5.41, 5.74) is 1.30. The van der Waals surface area contributed by atoms with E-state index in [0.717, 1.165) is 5.56 Å². The molecule has 2 aromatic rings. The Kier molecular flexibility index (Phi) is 5.46. The van der Waals surface area contributed by atoms with Crippen molar-refractivity contribution in [2.75, 3.05) is 14.2 Å². The highest BCUT2D eigenvalue weighted by Gasteiger charge is 2.24. The van der Waals surface area contributed by atoms with Crippen LogP contribution in [0.2, 0.25) is 0 Å². The fourth-order valence-electron chi connectivity index (χ4n) is 2.39. The summed E-state index contributed by atoms with van der Waals surface area (Å²) in [6.07, 6.45) is 1.70. The van der Waals surface area contributed by atoms with Crippen LogP contribution in [-0.4, -0.2) is 36.4 Å². The number of rotatable bonds is 5. The van der Waals surface area contributed by atoms with E-state index in [1.165, 1.54) is 23.9 Å². The van der Waals surface area contributed by atoms with Crippen LogP contribution in [0.25, 0.3) is 6.08 Å². The molecule has 0 aliphatic carbocycles. The Balaban J connectivity index is 1.86. The smallest absolute Gasteiger partial charge is 0.335 e. The van der Waals surface area contributed by atoms with Crippen molar-refractivity contribution in [1.29, 1.82) is 0 Å². The minimum Gasteiger partial charge on any atom is -0.497 e. The number of aromatic carboxylic acids is 1. The third-order valence-electron chi connectivity index (χ3n) is 3.70. The van der Waals surface area contributed by atoms with Gasteiger partial charge in [-0.15, -0.1) is 0 Å². The van der Waals surface area contributed by atoms with Gasteiger partial charge in [-0.05, 0) is 48.2 Å². The van der Waals surface area contributed by atoms with E-state index < -0.39 is 5.97 Å². The second-order valence-electron chi connectivity index (χ2n) is 5.45. The number of nitrogens with one attached hydrogen (secondary N) is 1. The highest BCUT2D eigenvalue weighted by molar-refractivity contribution is 8.18. The summed E-state index contributed by atoms with van der Waals surface area (Å²) in [7, 11) is 3.11. The molecule has 3 rings (SSSR count). The van der Waals surface area contributed by atoms with E-state index in [-0.39, 0.29) is 11.5 Å². The first-order valence-corrected chi connectivity index (χ1v) is 8.67. The second-order valence-corrected chi connectivity index (χ2v) is 6.48. The SMILES string of the molecule is COc1ccc(/C=C2\SC(=Nc3cccc(C(=O)O)c3)NC2=O)c(OC)c1. The zero-order chi connectivity index (χ0) is 19.4. The number of amides is 1. The molecule has 0 saturated carbocycles. The molecule has 1 fully saturated rings. The molecule has 1 heterocycles. The molecular weight excluding hydrogens is 368 g/mol. The van der Waals surface area contributed by atoms with Crippen LogP contribution in [0.5, 0.6) is 11.5 Å². The molecule has 2 N–H and O–H groups in total. The van der Waals surface area contributed by atoms with Crippen molar-refractivity contribution in [2.45, 2.75) is 0 Å². The van der Waals surface area contributed by atoms with Crippen LogP contribution in [0.1, 0.15) is 15.9 Å². The standard InChI is InChI=1S/C19H16N2O5S/c1-25-14-7-6-11(15(10-14)26-2)9-16-17(22)21-19(27-16)20-13-5-3-4-12(8-13)18(23)24/h3-10H,1-2H3,(H,23,24)(H,20,21,22)/b16-9-. The number of thioether (sulfide) groups is 1. The fourth-order valence-corrected chi connectivity index (χ4v) is 3.22. The van der Waals surface area contributed by atoms with Crippen LogP contribution >= 0.6 is 11.8 Å². The van der Waals surface area contributed by atoms with E-state index in [9.17, 15) is 9.59 Å². The maximum absolute atomic E-state index is 12.2. The number of benzene rings is 2. The van der Waals surface area contributed by atoms with Crippen LogP contribution in [0.15, 0.2) is 52.4 Å². The molecule has 2 aromatic carbocycles. The average Bonchev–Trinajstić information content (AvgIpc) is 3.01. The molecule has 0 unspecified atom stereocenters. The molecule has 7 nitrogen and oxygen atoms in total. The summed E-state index contributed by atoms with van der Waals surface area (Å²) in [6, 6.07) is 11.5. The molecule has 0 aromatic heterocycles. The first kappa shape index (κ1) is 18.5. The summed E-state index contributed by atoms with van der Waals surface area (Å²) in [5.74, 6) is -0.0914. The maximum atomic E-state index is 12.2. The van der Waals surface area contributed by atoms with E-state index in [1.54, 1.807) is 50.6 Å². The highest BCUT2D eigenvalue weighted by Crippen LogP contribution is 2.32. The van der Waals surface area contributed by atoms with Crippen molar-refractivity contribution in [3.63, 3.8) is 0 Å². The van der Waals surface area contributed by atoms with Gasteiger partial charge in [0.05, 0.1) is 30.4 Å². The predicted molar refractivity (Wildman–Crippen MR) is 104 cm³/mol. The lowest BCUT2D eigenvalue weighted by Crippen LogP contribution is -2.19. The zero-order valence-corrected chi connectivity index (χ0v) is 15.4. The van der Waals surface area contributed by atoms with Gasteiger partial charge in [0.15, 0.2) is 5.17 Å². The van der Waals surface area contributed by atoms with E-state index >= 15 is 0 Å². The topological polar surface area (TPSA) is 97.2 Å². The largest absolute Gasteiger partial charge is 0.497 e. The van der Waals surface area contributed by atoms with Crippen LogP contribution in [0.3, 0.4) is 0 Å². The van der Waals surface area contributed by atoms with Gasteiger partial charge in [0.25, 0.3) is 5.91 Å². The monoisotopic (exact) mass is 384 g/mol. The van der Waals surface area contributed by atoms with Crippen molar-refractivity contribution >= 4 is 40.6 Å². The Morgan fingerprint density at radius 3 is 2.70 bits per heavy atom. The molecule has 0 radical (unpaired) electrons. The van der Waals surface area contributed by atoms with Crippen LogP contribution in [0, 0.1) is 0 Å². The lowest BCUT2D eigenvalue weighted by atomic mass is 10.1. The molecule has 1 aliphatic heterocycles. The number of carboxylic acids is 1. The summed E-state index contributed by atoms with van der Waals surface area (Å²) in [6.45, 7) is 0. The number of methoxy groups -OCH3 is 2. The number of nitrogens with zero attached hydrogens (tertiary/aromatic N) is 1. The molecule has 1 amide bonds. The van der Waals surface area contributed by atoms with Gasteiger partial charge in [0.2, 0.25) is 0 Å². The van der Waals surface area contributed by atoms with Gasteiger partial charge in [-0.25, -0.2) is 9.79 Å². The van der Waals surface area contributed by atoms with Crippen molar-refractivity contribution < 1.29 is 24.2 Å². The van der Waals surface area contributed by atoms with Crippen LogP contribution < -0.4 is 14.8 Å². The predicted octanol–water partition coefficient (Wildman–Crippen LogP) is 3.29. The van der Waals surface area contributed by atoms with Gasteiger partial charge in [0, 0.05) is 11.6 Å². The molecule has 1 saturated heterocycles. The average molecular weight is 384 g/mol. The molecular formula is C19H16N2O5S. The lowest BCUT2D eigenvalue weighted by molar-refractivity contribution is -0.115. The summed E-state index contributed by atoms with van der Waals surface area (Å²) in [5, 5.41) is 12.1. The molecule has 138 valence electrons. The van der Waals surface area contributed by atoms with Crippen molar-refractivity contribution in [3.05, 3.63) is 58.5 Å². The maximum Gasteiger partial charge on any atom is 0.335 e. The van der Waals surface area contributed by atoms with Gasteiger partial charge in [0.1, 0.15) is 11.5 Å². The van der Waals surface area contributed by atoms with Gasteiger partial charge >= 0.3 is 5.97 Å². The number of carbonyl (C=O) groups is 2. The third kappa shape index (κ3) is 4.29. The first-order chi connectivity index (χ1) is 13.0. The Morgan fingerprint density at radius 2 is 2.00 bits per heavy atom. The molecule has 1 aliphatic rings. The van der Waals surface area contributed by atoms with Crippen molar-refractivity contribution in [2.24, 2.45) is 4.99 Å². The quantitative estimate of drug-likeness (QED) is 0.768. The van der Waals surface area contributed by atoms with E-state index in [1.807, 2.05) is 0 Å². The number of amidine groups is 1. The lowest BCUT2D eigenvalue weighted by Gasteiger charge is -2.07. The van der Waals surface area contributed by atoms with Gasteiger partial charge in [-0.2, -0.15) is 0 Å². The van der Waals surface area contributed by atoms with Crippen LogP contribution in [-0.2, 0) is 4.79 Å². The van der Waals surface area contributed by atoms with Gasteiger partial charge in [-0.1, -0.05) is 6.07 Å². The fraction of sp³-hybridized carbons (Fsp3) is 0.105. The van der Waals surface area contributed by atoms with Crippen molar-refractivity contribution in [3.8, 4) is 11.5 Å². The summed E-state index contributed by atoms with van der Waals surface area (Å²) < 4.78 is 10.5. The third-order valence-corrected chi connectivity index (χ3v) is 4.61. The minimum absolute atomic E-state index is 0.130. The molecule has 27 heavy (non-hydrogen) atoms. The molecule has 8 heteroatoms. The summed E-state index contributed by atoms with van der Waals surface area (Å²) in [4.78, 5) is 28.0. The Bertz CT molecular complexity index is 968. The normalized spacial score (nSPS) is 16.4. The molecule has 0 spiro atoms. The van der Waals surface area contributed by atoms with E-state index in [0.29, 0.717) is 27.3 Å². The van der Waals surface area contributed by atoms with E-state index in [4.69, 9.17) is 14.6 Å². The first-order valence-electron chi connectivity index (χ1n) is 7.85. The molecule has 0 atom stereocenters. The Morgan fingerprint density at radius 1 is 1.19 bits per heavy atom. The molecule has 0 bridgehead atoms. The summed E-state index contributed by atoms with van der Waals surface area (Å²) >= 11 is 1.17. The van der Waals surface area contributed by atoms with Crippen LogP contribution in [0.4, 0.5) is 5.69 Å². The number of hydrogen-bond donors (Lipinski definition) is 2. The van der Waals surface area contributed by atoms with Gasteiger partial charge in [-0.3, -0.25) is 4.79 Å². The van der Waals surface area contributed by atoms with Gasteiger partial charge < -0.3 is 19.9 Å². The van der Waals surface area contributed by atoms with Crippen molar-refractivity contribution in [1.82, 2.24) is 5.32 Å². The second kappa shape index (κ2) is 7.96. The van der Waals surface area contributed by atoms with E-state index in [2.05, 4.69) is 10.3 Å². The Labute approximate surface area is 159 Å². The highest BCUT2D eigenvalue weighted by atomic mass is 32.2. The zero-order valence-electron chi connectivity index (χ0n) is 14.6. The Hall–Kier alpha value is -3.26. The number of aliphatic imine (C=N–C) groups is 1. The minimum atomic E-state index is -1.03. The number of hydrogen-bond acceptors (Lipinski definition) is 6. The number of ether oxygens (including phenoxy) is 2. The number of carbonyl (C=O) groups excluding carboxylic acids is 1. The number of carboxylic acid groups (broad SMARTS) is 1.